The van der Waals surface area contributed by atoms with Crippen LogP contribution in [0.4, 0.5) is 0 Å². The van der Waals surface area contributed by atoms with Gasteiger partial charge in [0.1, 0.15) is 6.04 Å². The fourth-order valence-corrected chi connectivity index (χ4v) is 3.36. The number of hydrogen-bond acceptors (Lipinski definition) is 5. The second kappa shape index (κ2) is 7.35. The molecule has 0 aromatic carbocycles. The van der Waals surface area contributed by atoms with E-state index >= 15 is 0 Å². The summed E-state index contributed by atoms with van der Waals surface area (Å²) in [5.74, 6) is -1.06. The lowest BCUT2D eigenvalue weighted by Gasteiger charge is -2.21. The van der Waals surface area contributed by atoms with Gasteiger partial charge < -0.3 is 5.11 Å². The molecular formula is C17H17N3O3S. The molecule has 124 valence electrons. The maximum atomic E-state index is 12.5. The van der Waals surface area contributed by atoms with Gasteiger partial charge in [0.25, 0.3) is 0 Å². The zero-order chi connectivity index (χ0) is 16.9. The quantitative estimate of drug-likeness (QED) is 0.874. The number of amides is 1. The molecule has 1 N–H and O–H groups in total. The Labute approximate surface area is 143 Å². The van der Waals surface area contributed by atoms with Gasteiger partial charge in [-0.25, -0.2) is 5.01 Å². The van der Waals surface area contributed by atoms with Crippen molar-refractivity contribution in [2.75, 3.05) is 0 Å². The zero-order valence-corrected chi connectivity index (χ0v) is 13.8. The van der Waals surface area contributed by atoms with E-state index in [1.807, 2.05) is 35.7 Å². The molecule has 0 radical (unpaired) electrons. The number of carbonyl (C=O) groups excluding carboxylic acids is 1. The molecule has 3 heterocycles. The Morgan fingerprint density at radius 1 is 1.25 bits per heavy atom. The summed E-state index contributed by atoms with van der Waals surface area (Å²) in [5, 5.41) is 16.7. The average molecular weight is 343 g/mol. The third-order valence-corrected chi connectivity index (χ3v) is 4.70. The Morgan fingerprint density at radius 3 is 2.79 bits per heavy atom. The van der Waals surface area contributed by atoms with Crippen molar-refractivity contribution >= 4 is 28.9 Å². The molecule has 1 atom stereocenters. The Hall–Kier alpha value is -2.54. The van der Waals surface area contributed by atoms with E-state index < -0.39 is 5.97 Å². The molecule has 0 aliphatic carbocycles. The predicted molar refractivity (Wildman–Crippen MR) is 90.8 cm³/mol. The number of aliphatic carboxylic acids is 1. The largest absolute Gasteiger partial charge is 0.481 e. The van der Waals surface area contributed by atoms with Crippen LogP contribution in [0.2, 0.25) is 0 Å². The molecule has 0 saturated carbocycles. The Kier molecular flexibility index (Phi) is 5.00. The van der Waals surface area contributed by atoms with Crippen molar-refractivity contribution in [2.45, 2.75) is 31.7 Å². The molecule has 24 heavy (non-hydrogen) atoms. The van der Waals surface area contributed by atoms with Crippen LogP contribution in [0.25, 0.3) is 0 Å². The number of carbonyl (C=O) groups is 2. The summed E-state index contributed by atoms with van der Waals surface area (Å²) in [6, 6.07) is 9.31. The summed E-state index contributed by atoms with van der Waals surface area (Å²) in [6.07, 6.45) is 2.77. The van der Waals surface area contributed by atoms with Crippen LogP contribution in [0.5, 0.6) is 0 Å². The van der Waals surface area contributed by atoms with Crippen LogP contribution in [-0.4, -0.2) is 32.7 Å². The molecule has 1 aliphatic rings. The number of hydrogen-bond donors (Lipinski definition) is 1. The van der Waals surface area contributed by atoms with Gasteiger partial charge in [-0.15, -0.1) is 11.3 Å². The van der Waals surface area contributed by atoms with Crippen molar-refractivity contribution < 1.29 is 14.7 Å². The summed E-state index contributed by atoms with van der Waals surface area (Å²) in [6.45, 7) is 0. The van der Waals surface area contributed by atoms with Crippen molar-refractivity contribution in [3.8, 4) is 0 Å². The van der Waals surface area contributed by atoms with Crippen LogP contribution in [0.15, 0.2) is 47.0 Å². The van der Waals surface area contributed by atoms with Gasteiger partial charge in [-0.1, -0.05) is 12.1 Å². The van der Waals surface area contributed by atoms with Crippen LogP contribution >= 0.6 is 11.3 Å². The first-order chi connectivity index (χ1) is 11.6. The lowest BCUT2D eigenvalue weighted by molar-refractivity contribution is -0.137. The second-order valence-corrected chi connectivity index (χ2v) is 6.43. The molecule has 1 amide bonds. The molecule has 6 nitrogen and oxygen atoms in total. The minimum absolute atomic E-state index is 0.0185. The standard InChI is InChI=1S/C17H17N3O3S/c21-16(7-3-8-17(22)23)20-14(12-5-1-2-9-18-12)11-13(19-20)15-6-4-10-24-15/h1-2,4-6,9-10,14H,3,7-8,11H2,(H,22,23)/t14-/m0/s1. The van der Waals surface area contributed by atoms with Gasteiger partial charge in [-0.3, -0.25) is 14.6 Å². The first kappa shape index (κ1) is 16.3. The van der Waals surface area contributed by atoms with E-state index in [1.165, 1.54) is 5.01 Å². The van der Waals surface area contributed by atoms with E-state index in [-0.39, 0.29) is 24.8 Å². The fraction of sp³-hybridized carbons (Fsp3) is 0.294. The van der Waals surface area contributed by atoms with Gasteiger partial charge in [0, 0.05) is 25.5 Å². The molecule has 1 aliphatic heterocycles. The van der Waals surface area contributed by atoms with Gasteiger partial charge in [0.2, 0.25) is 5.91 Å². The predicted octanol–water partition coefficient (Wildman–Crippen LogP) is 3.08. The summed E-state index contributed by atoms with van der Waals surface area (Å²) in [7, 11) is 0. The highest BCUT2D eigenvalue weighted by Gasteiger charge is 2.33. The fourth-order valence-electron chi connectivity index (χ4n) is 2.64. The van der Waals surface area contributed by atoms with Crippen molar-refractivity contribution in [3.63, 3.8) is 0 Å². The Morgan fingerprint density at radius 2 is 2.12 bits per heavy atom. The van der Waals surface area contributed by atoms with E-state index in [2.05, 4.69) is 10.1 Å². The van der Waals surface area contributed by atoms with Gasteiger partial charge >= 0.3 is 5.97 Å². The normalized spacial score (nSPS) is 16.9. The third-order valence-electron chi connectivity index (χ3n) is 3.78. The first-order valence-electron chi connectivity index (χ1n) is 7.71. The molecule has 2 aromatic rings. The Balaban J connectivity index is 1.80. The summed E-state index contributed by atoms with van der Waals surface area (Å²) in [4.78, 5) is 28.6. The molecule has 0 spiro atoms. The van der Waals surface area contributed by atoms with E-state index in [9.17, 15) is 9.59 Å². The molecule has 0 fully saturated rings. The number of hydrazone groups is 1. The van der Waals surface area contributed by atoms with Crippen LogP contribution in [0, 0.1) is 0 Å². The molecule has 0 saturated heterocycles. The summed E-state index contributed by atoms with van der Waals surface area (Å²) >= 11 is 1.59. The topological polar surface area (TPSA) is 82.9 Å². The third kappa shape index (κ3) is 3.68. The molecule has 3 rings (SSSR count). The summed E-state index contributed by atoms with van der Waals surface area (Å²) in [5.41, 5.74) is 1.66. The van der Waals surface area contributed by atoms with Gasteiger partial charge in [-0.2, -0.15) is 5.10 Å². The van der Waals surface area contributed by atoms with Gasteiger partial charge in [-0.05, 0) is 30.0 Å². The van der Waals surface area contributed by atoms with E-state index in [1.54, 1.807) is 17.5 Å². The number of carboxylic acid groups (broad SMARTS) is 1. The highest BCUT2D eigenvalue weighted by molar-refractivity contribution is 7.12. The SMILES string of the molecule is O=C(O)CCCC(=O)N1N=C(c2cccs2)C[C@H]1c1ccccn1. The zero-order valence-electron chi connectivity index (χ0n) is 13.0. The first-order valence-corrected chi connectivity index (χ1v) is 8.59. The lowest BCUT2D eigenvalue weighted by Crippen LogP contribution is -2.27. The Bertz CT molecular complexity index is 744. The molecular weight excluding hydrogens is 326 g/mol. The van der Waals surface area contributed by atoms with Crippen LogP contribution in [0.1, 0.15) is 42.3 Å². The van der Waals surface area contributed by atoms with Crippen molar-refractivity contribution in [1.82, 2.24) is 9.99 Å². The minimum atomic E-state index is -0.895. The molecule has 0 bridgehead atoms. The van der Waals surface area contributed by atoms with Gasteiger partial charge in [0.05, 0.1) is 16.3 Å². The highest BCUT2D eigenvalue weighted by atomic mass is 32.1. The highest BCUT2D eigenvalue weighted by Crippen LogP contribution is 2.33. The van der Waals surface area contributed by atoms with E-state index in [4.69, 9.17) is 5.11 Å². The smallest absolute Gasteiger partial charge is 0.303 e. The van der Waals surface area contributed by atoms with E-state index in [0.29, 0.717) is 12.8 Å². The lowest BCUT2D eigenvalue weighted by atomic mass is 10.1. The monoisotopic (exact) mass is 343 g/mol. The summed E-state index contributed by atoms with van der Waals surface area (Å²) < 4.78 is 0. The van der Waals surface area contributed by atoms with Crippen LogP contribution < -0.4 is 0 Å². The molecule has 0 unspecified atom stereocenters. The number of thiophene rings is 1. The van der Waals surface area contributed by atoms with Crippen LogP contribution in [0.3, 0.4) is 0 Å². The number of rotatable bonds is 6. The maximum absolute atomic E-state index is 12.5. The number of carboxylic acids is 1. The second-order valence-electron chi connectivity index (χ2n) is 5.48. The van der Waals surface area contributed by atoms with Crippen molar-refractivity contribution in [2.24, 2.45) is 5.10 Å². The van der Waals surface area contributed by atoms with E-state index in [0.717, 1.165) is 16.3 Å². The molecule has 2 aromatic heterocycles. The minimum Gasteiger partial charge on any atom is -0.481 e. The van der Waals surface area contributed by atoms with Crippen molar-refractivity contribution in [3.05, 3.63) is 52.5 Å². The van der Waals surface area contributed by atoms with Gasteiger partial charge in [0.15, 0.2) is 0 Å². The van der Waals surface area contributed by atoms with Crippen molar-refractivity contribution in [1.29, 1.82) is 0 Å². The average Bonchev–Trinajstić information content (AvgIpc) is 3.24. The maximum Gasteiger partial charge on any atom is 0.303 e. The number of nitrogens with zero attached hydrogens (tertiary/aromatic N) is 3. The van der Waals surface area contributed by atoms with Crippen LogP contribution in [-0.2, 0) is 9.59 Å². The number of pyridine rings is 1. The molecule has 7 heteroatoms. The number of aromatic nitrogens is 1.